The molecule has 0 radical (unpaired) electrons. The molecule has 0 unspecified atom stereocenters. The van der Waals surface area contributed by atoms with Gasteiger partial charge in [0.05, 0.1) is 4.90 Å². The number of hydrogen-bond acceptors (Lipinski definition) is 4. The van der Waals surface area contributed by atoms with Crippen LogP contribution in [-0.2, 0) is 10.0 Å². The quantitative estimate of drug-likeness (QED) is 0.513. The molecule has 2 aromatic rings. The van der Waals surface area contributed by atoms with E-state index in [1.54, 1.807) is 36.2 Å². The Morgan fingerprint density at radius 3 is 2.41 bits per heavy atom. The van der Waals surface area contributed by atoms with Crippen molar-refractivity contribution < 1.29 is 8.42 Å². The van der Waals surface area contributed by atoms with Crippen molar-refractivity contribution in [3.8, 4) is 0 Å². The minimum absolute atomic E-state index is 0.182. The smallest absolute Gasteiger partial charge is 0.284 e. The molecule has 0 saturated carbocycles. The standard InChI is InChI=1S/C15H16N2O2S3/c1-20-13-8-6-7-12(11-13)16-15(21-2)17-22(18,19)14-9-4-3-5-10-14/h3-11H,1-2H3,(H,16,17). The number of sulfonamides is 1. The van der Waals surface area contributed by atoms with E-state index in [-0.39, 0.29) is 4.90 Å². The Labute approximate surface area is 139 Å². The van der Waals surface area contributed by atoms with Crippen LogP contribution >= 0.6 is 23.5 Å². The minimum atomic E-state index is -3.71. The van der Waals surface area contributed by atoms with Gasteiger partial charge in [0.25, 0.3) is 10.0 Å². The van der Waals surface area contributed by atoms with Crippen LogP contribution in [0.1, 0.15) is 0 Å². The van der Waals surface area contributed by atoms with Gasteiger partial charge in [-0.3, -0.25) is 0 Å². The van der Waals surface area contributed by atoms with Gasteiger partial charge in [-0.2, -0.15) is 8.42 Å². The van der Waals surface area contributed by atoms with Crippen LogP contribution in [0.15, 0.2) is 68.8 Å². The Morgan fingerprint density at radius 1 is 1.05 bits per heavy atom. The molecule has 2 rings (SSSR count). The molecule has 4 nitrogen and oxygen atoms in total. The van der Waals surface area contributed by atoms with Gasteiger partial charge in [-0.15, -0.1) is 16.2 Å². The van der Waals surface area contributed by atoms with Gasteiger partial charge in [0.2, 0.25) is 0 Å². The summed E-state index contributed by atoms with van der Waals surface area (Å²) in [4.78, 5) is 1.28. The van der Waals surface area contributed by atoms with E-state index in [0.29, 0.717) is 5.17 Å². The van der Waals surface area contributed by atoms with Crippen LogP contribution in [0.25, 0.3) is 0 Å². The van der Waals surface area contributed by atoms with Crippen LogP contribution in [0.3, 0.4) is 0 Å². The van der Waals surface area contributed by atoms with Crippen LogP contribution in [0.2, 0.25) is 0 Å². The molecule has 0 saturated heterocycles. The zero-order valence-corrected chi connectivity index (χ0v) is 14.6. The topological polar surface area (TPSA) is 58.5 Å². The van der Waals surface area contributed by atoms with Crippen LogP contribution in [0, 0.1) is 0 Å². The molecular weight excluding hydrogens is 336 g/mol. The van der Waals surface area contributed by atoms with Crippen LogP contribution < -0.4 is 5.32 Å². The maximum absolute atomic E-state index is 12.3. The first-order valence-corrected chi connectivity index (χ1v) is 10.3. The first-order valence-electron chi connectivity index (χ1n) is 6.40. The molecule has 0 aromatic heterocycles. The molecule has 116 valence electrons. The fourth-order valence-electron chi connectivity index (χ4n) is 1.69. The maximum atomic E-state index is 12.3. The molecule has 0 amide bonds. The molecule has 0 aliphatic heterocycles. The second kappa shape index (κ2) is 7.71. The summed E-state index contributed by atoms with van der Waals surface area (Å²) in [6, 6.07) is 15.9. The Balaban J connectivity index is 2.27. The van der Waals surface area contributed by atoms with E-state index < -0.39 is 10.0 Å². The highest BCUT2D eigenvalue weighted by atomic mass is 32.2. The number of benzene rings is 2. The summed E-state index contributed by atoms with van der Waals surface area (Å²) in [7, 11) is -3.71. The van der Waals surface area contributed by atoms with E-state index in [9.17, 15) is 8.42 Å². The maximum Gasteiger partial charge on any atom is 0.284 e. The molecule has 0 atom stereocenters. The highest BCUT2D eigenvalue weighted by Gasteiger charge is 2.13. The number of thioether (sulfide) groups is 2. The fraction of sp³-hybridized carbons (Fsp3) is 0.133. The Hall–Kier alpha value is -1.44. The van der Waals surface area contributed by atoms with E-state index in [1.807, 2.05) is 30.5 Å². The number of hydrogen-bond donors (Lipinski definition) is 1. The number of nitrogens with one attached hydrogen (secondary N) is 1. The van der Waals surface area contributed by atoms with Gasteiger partial charge in [0.15, 0.2) is 5.17 Å². The number of amidine groups is 1. The van der Waals surface area contributed by atoms with Crippen molar-refractivity contribution in [2.45, 2.75) is 9.79 Å². The minimum Gasteiger partial charge on any atom is -0.334 e. The van der Waals surface area contributed by atoms with E-state index >= 15 is 0 Å². The van der Waals surface area contributed by atoms with E-state index in [1.165, 1.54) is 23.9 Å². The summed E-state index contributed by atoms with van der Waals surface area (Å²) in [5.74, 6) is 0. The zero-order chi connectivity index (χ0) is 16.0. The fourth-order valence-corrected chi connectivity index (χ4v) is 3.83. The first-order chi connectivity index (χ1) is 10.5. The summed E-state index contributed by atoms with van der Waals surface area (Å²) in [5.41, 5.74) is 0.809. The Morgan fingerprint density at radius 2 is 1.77 bits per heavy atom. The van der Waals surface area contributed by atoms with Crippen molar-refractivity contribution in [3.05, 3.63) is 54.6 Å². The zero-order valence-electron chi connectivity index (χ0n) is 12.2. The normalized spacial score (nSPS) is 12.2. The molecule has 0 aliphatic rings. The highest BCUT2D eigenvalue weighted by Crippen LogP contribution is 2.21. The molecule has 0 spiro atoms. The average Bonchev–Trinajstić information content (AvgIpc) is 2.55. The Bertz CT molecular complexity index is 759. The summed E-state index contributed by atoms with van der Waals surface area (Å²) in [6.45, 7) is 0. The van der Waals surface area contributed by atoms with Gasteiger partial charge in [-0.1, -0.05) is 36.0 Å². The molecule has 0 heterocycles. The third-order valence-electron chi connectivity index (χ3n) is 2.76. The highest BCUT2D eigenvalue weighted by molar-refractivity contribution is 8.14. The third-order valence-corrected chi connectivity index (χ3v) is 5.47. The van der Waals surface area contributed by atoms with Gasteiger partial charge in [-0.05, 0) is 42.8 Å². The second-order valence-electron chi connectivity index (χ2n) is 4.25. The van der Waals surface area contributed by atoms with Gasteiger partial charge >= 0.3 is 0 Å². The van der Waals surface area contributed by atoms with Gasteiger partial charge < -0.3 is 5.32 Å². The van der Waals surface area contributed by atoms with Gasteiger partial charge in [0.1, 0.15) is 0 Å². The second-order valence-corrected chi connectivity index (χ2v) is 7.52. The van der Waals surface area contributed by atoms with Crippen molar-refractivity contribution in [2.24, 2.45) is 4.40 Å². The molecule has 7 heteroatoms. The molecular formula is C15H16N2O2S3. The monoisotopic (exact) mass is 352 g/mol. The van der Waals surface area contributed by atoms with Crippen molar-refractivity contribution in [2.75, 3.05) is 17.8 Å². The Kier molecular flexibility index (Phi) is 5.93. The van der Waals surface area contributed by atoms with Gasteiger partial charge in [0, 0.05) is 10.6 Å². The summed E-state index contributed by atoms with van der Waals surface area (Å²) in [5, 5.41) is 3.39. The lowest BCUT2D eigenvalue weighted by Crippen LogP contribution is -2.11. The van der Waals surface area contributed by atoms with Crippen LogP contribution in [0.5, 0.6) is 0 Å². The molecule has 22 heavy (non-hydrogen) atoms. The predicted molar refractivity (Wildman–Crippen MR) is 96.4 cm³/mol. The van der Waals surface area contributed by atoms with Crippen molar-refractivity contribution in [1.82, 2.24) is 0 Å². The number of nitrogens with zero attached hydrogens (tertiary/aromatic N) is 1. The largest absolute Gasteiger partial charge is 0.334 e. The van der Waals surface area contributed by atoms with Crippen molar-refractivity contribution in [1.29, 1.82) is 0 Å². The van der Waals surface area contributed by atoms with E-state index in [2.05, 4.69) is 9.71 Å². The lowest BCUT2D eigenvalue weighted by atomic mass is 10.3. The molecule has 0 bridgehead atoms. The molecule has 2 aromatic carbocycles. The predicted octanol–water partition coefficient (Wildman–Crippen LogP) is 3.93. The first kappa shape index (κ1) is 16.9. The molecule has 0 aliphatic carbocycles. The van der Waals surface area contributed by atoms with Gasteiger partial charge in [-0.25, -0.2) is 0 Å². The third kappa shape index (κ3) is 4.53. The lowest BCUT2D eigenvalue weighted by Gasteiger charge is -2.08. The summed E-state index contributed by atoms with van der Waals surface area (Å²) >= 11 is 2.88. The number of rotatable bonds is 4. The summed E-state index contributed by atoms with van der Waals surface area (Å²) in [6.07, 6.45) is 3.77. The summed E-state index contributed by atoms with van der Waals surface area (Å²) < 4.78 is 28.4. The van der Waals surface area contributed by atoms with Crippen molar-refractivity contribution >= 4 is 44.4 Å². The average molecular weight is 353 g/mol. The van der Waals surface area contributed by atoms with Crippen LogP contribution in [0.4, 0.5) is 5.69 Å². The van der Waals surface area contributed by atoms with E-state index in [0.717, 1.165) is 10.6 Å². The SMILES string of the molecule is CS/C(=N\S(=O)(=O)c1ccccc1)Nc1cccc(SC)c1. The molecule has 0 fully saturated rings. The van der Waals surface area contributed by atoms with Crippen molar-refractivity contribution in [3.63, 3.8) is 0 Å². The number of anilines is 1. The van der Waals surface area contributed by atoms with Crippen LogP contribution in [-0.4, -0.2) is 26.1 Å². The molecule has 1 N–H and O–H groups in total. The van der Waals surface area contributed by atoms with E-state index in [4.69, 9.17) is 0 Å². The lowest BCUT2D eigenvalue weighted by molar-refractivity contribution is 0.598.